The Kier molecular flexibility index (Phi) is 5.84. The molecule has 0 aliphatic carbocycles. The van der Waals surface area contributed by atoms with Gasteiger partial charge in [-0.1, -0.05) is 42.5 Å². The van der Waals surface area contributed by atoms with E-state index in [0.717, 1.165) is 37.2 Å². The number of methoxy groups -OCH3 is 2. The van der Waals surface area contributed by atoms with Crippen LogP contribution in [0.3, 0.4) is 0 Å². The minimum atomic E-state index is -0.694. The molecule has 2 heterocycles. The lowest BCUT2D eigenvalue weighted by molar-refractivity contribution is 0.0841. The summed E-state index contributed by atoms with van der Waals surface area (Å²) in [7, 11) is 3.11. The SMILES string of the molecule is COc1ccccc1C(=O)[C@@H]1N(C(=O)c2ccccc2OC)c2ccccc2C12CCNCC2. The highest BCUT2D eigenvalue weighted by atomic mass is 16.5. The number of anilines is 1. The van der Waals surface area contributed by atoms with Crippen LogP contribution in [0.15, 0.2) is 72.8 Å². The van der Waals surface area contributed by atoms with Gasteiger partial charge in [-0.25, -0.2) is 0 Å². The summed E-state index contributed by atoms with van der Waals surface area (Å²) in [6.45, 7) is 1.56. The second-order valence-electron chi connectivity index (χ2n) is 8.77. The fourth-order valence-electron chi connectivity index (χ4n) is 5.60. The summed E-state index contributed by atoms with van der Waals surface area (Å²) < 4.78 is 11.0. The maximum atomic E-state index is 14.3. The van der Waals surface area contributed by atoms with Crippen molar-refractivity contribution in [3.05, 3.63) is 89.5 Å². The Balaban J connectivity index is 1.72. The molecule has 5 rings (SSSR count). The summed E-state index contributed by atoms with van der Waals surface area (Å²) in [6, 6.07) is 21.7. The van der Waals surface area contributed by atoms with Gasteiger partial charge in [0.1, 0.15) is 17.5 Å². The van der Waals surface area contributed by atoms with Gasteiger partial charge in [-0.2, -0.15) is 0 Å². The van der Waals surface area contributed by atoms with E-state index in [0.29, 0.717) is 22.6 Å². The molecule has 3 aromatic rings. The monoisotopic (exact) mass is 456 g/mol. The summed E-state index contributed by atoms with van der Waals surface area (Å²) in [5.41, 5.74) is 2.26. The Morgan fingerprint density at radius 3 is 2.06 bits per heavy atom. The predicted molar refractivity (Wildman–Crippen MR) is 131 cm³/mol. The van der Waals surface area contributed by atoms with Crippen LogP contribution < -0.4 is 19.7 Å². The Bertz CT molecular complexity index is 1230. The molecule has 2 aliphatic heterocycles. The number of para-hydroxylation sites is 3. The van der Waals surface area contributed by atoms with Crippen molar-refractivity contribution in [3.63, 3.8) is 0 Å². The minimum absolute atomic E-state index is 0.112. The van der Waals surface area contributed by atoms with Gasteiger partial charge >= 0.3 is 0 Å². The number of carbonyl (C=O) groups excluding carboxylic acids is 2. The van der Waals surface area contributed by atoms with Crippen molar-refractivity contribution in [3.8, 4) is 11.5 Å². The Labute approximate surface area is 199 Å². The fourth-order valence-corrected chi connectivity index (χ4v) is 5.60. The average Bonchev–Trinajstić information content (AvgIpc) is 3.17. The van der Waals surface area contributed by atoms with Gasteiger partial charge in [-0.3, -0.25) is 14.5 Å². The third kappa shape index (κ3) is 3.37. The maximum absolute atomic E-state index is 14.3. The number of ketones is 1. The van der Waals surface area contributed by atoms with Crippen LogP contribution in [0.2, 0.25) is 0 Å². The Morgan fingerprint density at radius 2 is 1.38 bits per heavy atom. The zero-order chi connectivity index (χ0) is 23.7. The Hall–Kier alpha value is -3.64. The number of carbonyl (C=O) groups is 2. The Morgan fingerprint density at radius 1 is 0.824 bits per heavy atom. The first-order chi connectivity index (χ1) is 16.6. The highest BCUT2D eigenvalue weighted by molar-refractivity contribution is 6.17. The van der Waals surface area contributed by atoms with Gasteiger partial charge in [0.2, 0.25) is 0 Å². The number of nitrogens with zero attached hydrogens (tertiary/aromatic N) is 1. The number of hydrogen-bond donors (Lipinski definition) is 1. The number of rotatable bonds is 5. The van der Waals surface area contributed by atoms with Crippen molar-refractivity contribution in [1.29, 1.82) is 0 Å². The molecule has 0 unspecified atom stereocenters. The van der Waals surface area contributed by atoms with Crippen LogP contribution >= 0.6 is 0 Å². The number of piperidine rings is 1. The van der Waals surface area contributed by atoms with Gasteiger partial charge in [-0.15, -0.1) is 0 Å². The molecule has 0 saturated carbocycles. The van der Waals surface area contributed by atoms with E-state index in [2.05, 4.69) is 11.4 Å². The van der Waals surface area contributed by atoms with Gasteiger partial charge in [0.15, 0.2) is 5.78 Å². The first kappa shape index (κ1) is 22.2. The van der Waals surface area contributed by atoms with Gasteiger partial charge in [0.25, 0.3) is 5.91 Å². The molecular weight excluding hydrogens is 428 g/mol. The molecule has 1 saturated heterocycles. The van der Waals surface area contributed by atoms with Crippen molar-refractivity contribution < 1.29 is 19.1 Å². The van der Waals surface area contributed by atoms with Crippen LogP contribution in [0.5, 0.6) is 11.5 Å². The molecule has 6 heteroatoms. The van der Waals surface area contributed by atoms with E-state index in [1.165, 1.54) is 0 Å². The van der Waals surface area contributed by atoms with E-state index in [-0.39, 0.29) is 11.7 Å². The molecule has 1 atom stereocenters. The normalized spacial score (nSPS) is 18.4. The van der Waals surface area contributed by atoms with E-state index >= 15 is 0 Å². The number of nitrogens with one attached hydrogen (secondary N) is 1. The van der Waals surface area contributed by atoms with Crippen LogP contribution in [-0.2, 0) is 5.41 Å². The molecule has 0 aromatic heterocycles. The molecule has 34 heavy (non-hydrogen) atoms. The lowest BCUT2D eigenvalue weighted by atomic mass is 9.68. The van der Waals surface area contributed by atoms with Crippen molar-refractivity contribution in [2.45, 2.75) is 24.3 Å². The average molecular weight is 457 g/mol. The molecule has 3 aromatic carbocycles. The predicted octanol–water partition coefficient (Wildman–Crippen LogP) is 4.24. The second kappa shape index (κ2) is 8.95. The van der Waals surface area contributed by atoms with Crippen molar-refractivity contribution in [2.24, 2.45) is 0 Å². The van der Waals surface area contributed by atoms with E-state index in [1.807, 2.05) is 42.5 Å². The summed E-state index contributed by atoms with van der Waals surface area (Å²) >= 11 is 0. The van der Waals surface area contributed by atoms with Gasteiger partial charge in [0.05, 0.1) is 25.3 Å². The smallest absolute Gasteiger partial charge is 0.262 e. The largest absolute Gasteiger partial charge is 0.496 e. The minimum Gasteiger partial charge on any atom is -0.496 e. The first-order valence-electron chi connectivity index (χ1n) is 11.6. The molecule has 6 nitrogen and oxygen atoms in total. The molecule has 0 bridgehead atoms. The summed E-state index contributed by atoms with van der Waals surface area (Å²) in [5.74, 6) is 0.643. The highest BCUT2D eigenvalue weighted by Crippen LogP contribution is 2.52. The van der Waals surface area contributed by atoms with Gasteiger partial charge in [0, 0.05) is 11.1 Å². The lowest BCUT2D eigenvalue weighted by Crippen LogP contribution is -2.56. The lowest BCUT2D eigenvalue weighted by Gasteiger charge is -2.41. The highest BCUT2D eigenvalue weighted by Gasteiger charge is 2.56. The number of ether oxygens (including phenoxy) is 2. The molecular formula is C28H28N2O4. The third-order valence-electron chi connectivity index (χ3n) is 7.15. The molecule has 1 N–H and O–H groups in total. The molecule has 0 radical (unpaired) electrons. The summed E-state index contributed by atoms with van der Waals surface area (Å²) in [6.07, 6.45) is 1.51. The maximum Gasteiger partial charge on any atom is 0.262 e. The van der Waals surface area contributed by atoms with E-state index < -0.39 is 11.5 Å². The van der Waals surface area contributed by atoms with Crippen molar-refractivity contribution in [1.82, 2.24) is 5.32 Å². The van der Waals surface area contributed by atoms with Gasteiger partial charge in [-0.05, 0) is 61.8 Å². The van der Waals surface area contributed by atoms with E-state index in [9.17, 15) is 9.59 Å². The molecule has 1 spiro atoms. The van der Waals surface area contributed by atoms with Gasteiger partial charge < -0.3 is 14.8 Å². The van der Waals surface area contributed by atoms with E-state index in [1.54, 1.807) is 43.4 Å². The molecule has 2 aliphatic rings. The fraction of sp³-hybridized carbons (Fsp3) is 0.286. The van der Waals surface area contributed by atoms with Crippen LogP contribution in [0.1, 0.15) is 39.1 Å². The van der Waals surface area contributed by atoms with Crippen molar-refractivity contribution in [2.75, 3.05) is 32.2 Å². The number of benzene rings is 3. The number of amides is 1. The third-order valence-corrected chi connectivity index (χ3v) is 7.15. The van der Waals surface area contributed by atoms with E-state index in [4.69, 9.17) is 9.47 Å². The number of hydrogen-bond acceptors (Lipinski definition) is 5. The number of fused-ring (bicyclic) bond motifs is 2. The van der Waals surface area contributed by atoms with Crippen LogP contribution in [0.4, 0.5) is 5.69 Å². The first-order valence-corrected chi connectivity index (χ1v) is 11.6. The quantitative estimate of drug-likeness (QED) is 0.582. The topological polar surface area (TPSA) is 67.9 Å². The zero-order valence-corrected chi connectivity index (χ0v) is 19.4. The standard InChI is InChI=1S/C28H28N2O4/c1-33-23-13-7-3-9-19(23)25(31)26-28(15-17-29-18-16-28)21-11-5-6-12-22(21)30(26)27(32)20-10-4-8-14-24(20)34-2/h3-14,26,29H,15-18H2,1-2H3/t26-/m0/s1. The summed E-state index contributed by atoms with van der Waals surface area (Å²) in [4.78, 5) is 30.2. The van der Waals surface area contributed by atoms with Crippen LogP contribution in [-0.4, -0.2) is 45.0 Å². The zero-order valence-electron chi connectivity index (χ0n) is 19.4. The molecule has 1 fully saturated rings. The summed E-state index contributed by atoms with van der Waals surface area (Å²) in [5, 5.41) is 3.42. The number of Topliss-reactive ketones (excluding diaryl/α,β-unsaturated/α-hetero) is 1. The second-order valence-corrected chi connectivity index (χ2v) is 8.77. The van der Waals surface area contributed by atoms with Crippen molar-refractivity contribution >= 4 is 17.4 Å². The molecule has 174 valence electrons. The molecule has 1 amide bonds. The van der Waals surface area contributed by atoms with Crippen LogP contribution in [0.25, 0.3) is 0 Å². The van der Waals surface area contributed by atoms with Crippen LogP contribution in [0, 0.1) is 0 Å².